The van der Waals surface area contributed by atoms with Gasteiger partial charge in [-0.15, -0.1) is 0 Å². The van der Waals surface area contributed by atoms with Crippen LogP contribution in [-0.4, -0.2) is 91.5 Å². The van der Waals surface area contributed by atoms with E-state index in [0.29, 0.717) is 33.9 Å². The summed E-state index contributed by atoms with van der Waals surface area (Å²) in [5.74, 6) is -1.47. The number of aromatic nitrogens is 2. The van der Waals surface area contributed by atoms with E-state index in [2.05, 4.69) is 36.1 Å². The van der Waals surface area contributed by atoms with Crippen molar-refractivity contribution < 1.29 is 41.8 Å². The Labute approximate surface area is 364 Å². The van der Waals surface area contributed by atoms with Crippen molar-refractivity contribution in [3.63, 3.8) is 0 Å². The van der Waals surface area contributed by atoms with Gasteiger partial charge in [-0.1, -0.05) is 51.9 Å². The molecule has 25 heteroatoms. The van der Waals surface area contributed by atoms with E-state index in [-0.39, 0.29) is 50.2 Å². The maximum absolute atomic E-state index is 12.6. The van der Waals surface area contributed by atoms with Crippen molar-refractivity contribution in [2.75, 3.05) is 49.6 Å². The number of phenols is 2. The Balaban J connectivity index is 0.000000235. The number of sulfonamides is 2. The summed E-state index contributed by atoms with van der Waals surface area (Å²) < 4.78 is 51.4. The second-order valence-electron chi connectivity index (χ2n) is 13.6. The molecule has 1 aliphatic rings. The number of aromatic hydroxyl groups is 2. The van der Waals surface area contributed by atoms with Gasteiger partial charge in [0.2, 0.25) is 0 Å². The monoisotopic (exact) mass is 940 g/mol. The second-order valence-corrected chi connectivity index (χ2v) is 18.2. The summed E-state index contributed by atoms with van der Waals surface area (Å²) in [5, 5.41) is 41.8. The Morgan fingerprint density at radius 1 is 0.758 bits per heavy atom. The van der Waals surface area contributed by atoms with Crippen LogP contribution in [0.1, 0.15) is 50.8 Å². The van der Waals surface area contributed by atoms with Gasteiger partial charge in [0.1, 0.15) is 32.5 Å². The predicted octanol–water partition coefficient (Wildman–Crippen LogP) is 3.20. The van der Waals surface area contributed by atoms with Crippen LogP contribution in [0.3, 0.4) is 0 Å². The smallest absolute Gasteiger partial charge is 0.269 e. The Hall–Kier alpha value is -5.24. The number of phenolic OH excluding ortho intramolecular Hbond substituents is 2. The summed E-state index contributed by atoms with van der Waals surface area (Å²) in [6.45, 7) is 1.86. The summed E-state index contributed by atoms with van der Waals surface area (Å²) in [6.07, 6.45) is 7.41. The molecule has 4 aromatic carbocycles. The first-order chi connectivity index (χ1) is 29.2. The van der Waals surface area contributed by atoms with Gasteiger partial charge in [0.05, 0.1) is 65.7 Å². The van der Waals surface area contributed by atoms with Crippen LogP contribution in [0.5, 0.6) is 11.5 Å². The number of nitrogens with one attached hydrogen (secondary N) is 4. The minimum absolute atomic E-state index is 0.0136. The van der Waals surface area contributed by atoms with Gasteiger partial charge in [-0.05, 0) is 43.5 Å². The molecular weight excluding hydrogens is 899 g/mol. The fourth-order valence-corrected chi connectivity index (χ4v) is 9.45. The van der Waals surface area contributed by atoms with Crippen LogP contribution < -0.4 is 43.0 Å². The number of benzene rings is 2. The van der Waals surface area contributed by atoms with Crippen LogP contribution >= 0.6 is 23.2 Å². The van der Waals surface area contributed by atoms with Gasteiger partial charge < -0.3 is 36.6 Å². The van der Waals surface area contributed by atoms with E-state index in [4.69, 9.17) is 28.0 Å². The van der Waals surface area contributed by atoms with E-state index < -0.39 is 75.2 Å². The Morgan fingerprint density at radius 2 is 1.23 bits per heavy atom. The lowest BCUT2D eigenvalue weighted by Gasteiger charge is -2.30. The van der Waals surface area contributed by atoms with Crippen LogP contribution in [-0.2, 0) is 29.7 Å². The molecule has 1 saturated carbocycles. The van der Waals surface area contributed by atoms with Gasteiger partial charge in [-0.25, -0.2) is 16.8 Å². The first kappa shape index (κ1) is 47.8. The molecule has 1 aromatic heterocycles. The maximum atomic E-state index is 12.6. The van der Waals surface area contributed by atoms with Gasteiger partial charge in [0.15, 0.2) is 11.5 Å². The van der Waals surface area contributed by atoms with Crippen molar-refractivity contribution in [2.45, 2.75) is 67.0 Å². The minimum atomic E-state index is -4.30. The molecule has 1 heterocycles. The number of rotatable bonds is 16. The van der Waals surface area contributed by atoms with Crippen molar-refractivity contribution in [1.82, 2.24) is 18.9 Å². The molecule has 0 spiro atoms. The molecule has 5 aromatic rings. The average molecular weight is 942 g/mol. The third-order valence-corrected chi connectivity index (χ3v) is 14.3. The molecule has 0 bridgehead atoms. The van der Waals surface area contributed by atoms with Gasteiger partial charge >= 0.3 is 0 Å². The second kappa shape index (κ2) is 19.4. The largest absolute Gasteiger partial charge is 0.504 e. The lowest BCUT2D eigenvalue weighted by atomic mass is 9.92. The highest BCUT2D eigenvalue weighted by Gasteiger charge is 2.34. The lowest BCUT2D eigenvalue weighted by Crippen LogP contribution is -2.43. The molecule has 334 valence electrons. The SMILES string of the molecule is CC[C@H](Nc1c(Nc2ccc(Cl)c(S(=O)(=O)N(C)OC)c2O)c(=O)c1=O)c1cnccn1.CON(C)S(=O)(=O)c1c(Cl)ccc(Nc2c(NC3CCCCC3O)c(=O)c2=O)c1O. The number of halogens is 2. The normalized spacial score (nSPS) is 16.2. The van der Waals surface area contributed by atoms with Crippen molar-refractivity contribution in [2.24, 2.45) is 0 Å². The number of nitrogens with zero attached hydrogens (tertiary/aromatic N) is 4. The number of aliphatic hydroxyl groups is 1. The van der Waals surface area contributed by atoms with Crippen molar-refractivity contribution in [1.29, 1.82) is 0 Å². The maximum Gasteiger partial charge on any atom is 0.269 e. The van der Waals surface area contributed by atoms with E-state index in [1.54, 1.807) is 0 Å². The molecule has 6 rings (SSSR count). The highest BCUT2D eigenvalue weighted by molar-refractivity contribution is 7.89. The van der Waals surface area contributed by atoms with Crippen LogP contribution in [0.25, 0.3) is 0 Å². The highest BCUT2D eigenvalue weighted by Crippen LogP contribution is 2.41. The third-order valence-electron chi connectivity index (χ3n) is 9.94. The van der Waals surface area contributed by atoms with Crippen molar-refractivity contribution in [3.05, 3.63) is 99.5 Å². The summed E-state index contributed by atoms with van der Waals surface area (Å²) in [7, 11) is -4.08. The van der Waals surface area contributed by atoms with Crippen molar-refractivity contribution in [3.8, 4) is 11.5 Å². The average Bonchev–Trinajstić information content (AvgIpc) is 3.25. The Morgan fingerprint density at radius 3 is 1.68 bits per heavy atom. The molecule has 7 N–H and O–H groups in total. The number of anilines is 6. The molecule has 0 aliphatic heterocycles. The number of hydrogen-bond acceptors (Lipinski definition) is 19. The minimum Gasteiger partial charge on any atom is -0.504 e. The zero-order valence-electron chi connectivity index (χ0n) is 33.6. The molecule has 0 radical (unpaired) electrons. The molecule has 2 unspecified atom stereocenters. The first-order valence-electron chi connectivity index (χ1n) is 18.5. The van der Waals surface area contributed by atoms with Gasteiger partial charge in [-0.2, -0.15) is 0 Å². The number of aliphatic hydroxyl groups excluding tert-OH is 1. The lowest BCUT2D eigenvalue weighted by molar-refractivity contribution is -0.0259. The summed E-state index contributed by atoms with van der Waals surface area (Å²) in [6, 6.07) is 4.23. The standard InChI is InChI=1S/C19H20ClN5O6S.C18H22ClN3O7S/c1-4-11(13-9-21-7-8-22-13)23-14-15(18(28)17(14)27)24-12-6-5-10(20)19(16(12)26)32(29,30)25(2)31-3;1-22(29-2)30(27,28)18-9(19)7-8-11(15(18)24)21-14-13(16(25)17(14)26)20-10-5-3-4-6-12(10)23/h5-9,11,23-24,26H,4H2,1-3H3;7-8,10,12,20-21,23-24H,3-6H2,1-2H3/t11-;/m0./s1. The van der Waals surface area contributed by atoms with E-state index in [1.165, 1.54) is 42.9 Å². The fourth-order valence-electron chi connectivity index (χ4n) is 6.32. The summed E-state index contributed by atoms with van der Waals surface area (Å²) >= 11 is 12.0. The predicted molar refractivity (Wildman–Crippen MR) is 230 cm³/mol. The van der Waals surface area contributed by atoms with Gasteiger partial charge in [-0.3, -0.25) is 38.8 Å². The van der Waals surface area contributed by atoms with E-state index in [9.17, 15) is 51.3 Å². The first-order valence-corrected chi connectivity index (χ1v) is 22.1. The van der Waals surface area contributed by atoms with Crippen LogP contribution in [0.4, 0.5) is 34.1 Å². The molecule has 1 fully saturated rings. The molecule has 0 saturated heterocycles. The molecule has 21 nitrogen and oxygen atoms in total. The molecule has 1 aliphatic carbocycles. The summed E-state index contributed by atoms with van der Waals surface area (Å²) in [4.78, 5) is 64.9. The number of hydroxylamine groups is 2. The third kappa shape index (κ3) is 9.40. The molecular formula is C37H42Cl2N8O13S2. The molecule has 62 heavy (non-hydrogen) atoms. The Bertz CT molecular complexity index is 2820. The van der Waals surface area contributed by atoms with E-state index >= 15 is 0 Å². The van der Waals surface area contributed by atoms with Crippen LogP contribution in [0.2, 0.25) is 10.0 Å². The summed E-state index contributed by atoms with van der Waals surface area (Å²) in [5.41, 5.74) is -3.15. The number of hydrogen-bond donors (Lipinski definition) is 7. The highest BCUT2D eigenvalue weighted by atomic mass is 35.5. The Kier molecular flexibility index (Phi) is 15.0. The molecule has 0 amide bonds. The van der Waals surface area contributed by atoms with Gasteiger partial charge in [0.25, 0.3) is 41.8 Å². The van der Waals surface area contributed by atoms with E-state index in [0.717, 1.165) is 41.2 Å². The van der Waals surface area contributed by atoms with Crippen LogP contribution in [0, 0.1) is 0 Å². The topological polar surface area (TPSA) is 296 Å². The van der Waals surface area contributed by atoms with Crippen molar-refractivity contribution >= 4 is 77.4 Å². The van der Waals surface area contributed by atoms with Crippen LogP contribution in [0.15, 0.2) is 71.8 Å². The zero-order valence-corrected chi connectivity index (χ0v) is 36.7. The quantitative estimate of drug-likeness (QED) is 0.0424. The van der Waals surface area contributed by atoms with E-state index in [1.807, 2.05) is 6.92 Å². The van der Waals surface area contributed by atoms with Gasteiger partial charge in [0, 0.05) is 26.5 Å². The zero-order chi connectivity index (χ0) is 45.8. The molecule has 3 atom stereocenters. The fraction of sp³-hybridized carbons (Fsp3) is 0.351.